The number of hydrogen-bond acceptors (Lipinski definition) is 2. The van der Waals surface area contributed by atoms with E-state index in [1.165, 1.54) is 18.9 Å². The highest BCUT2D eigenvalue weighted by molar-refractivity contribution is 5.91. The minimum Gasteiger partial charge on any atom is -0.478 e. The monoisotopic (exact) mass is 287 g/mol. The number of carboxylic acids is 1. The highest BCUT2D eigenvalue weighted by atomic mass is 16.4. The van der Waals surface area contributed by atoms with Crippen LogP contribution in [0.3, 0.4) is 0 Å². The second kappa shape index (κ2) is 7.07. The molecule has 1 aromatic rings. The van der Waals surface area contributed by atoms with Crippen LogP contribution in [0, 0.1) is 12.8 Å². The van der Waals surface area contributed by atoms with Gasteiger partial charge in [0.15, 0.2) is 0 Å². The van der Waals surface area contributed by atoms with Crippen LogP contribution in [0.15, 0.2) is 24.3 Å². The van der Waals surface area contributed by atoms with E-state index in [0.717, 1.165) is 35.7 Å². The molecule has 0 bridgehead atoms. The second-order valence-corrected chi connectivity index (χ2v) is 5.71. The summed E-state index contributed by atoms with van der Waals surface area (Å²) in [6, 6.07) is 5.57. The largest absolute Gasteiger partial charge is 0.478 e. The number of aliphatic carboxylic acids is 1. The highest BCUT2D eigenvalue weighted by Gasteiger charge is 2.18. The Labute approximate surface area is 124 Å². The summed E-state index contributed by atoms with van der Waals surface area (Å²) in [4.78, 5) is 22.6. The summed E-state index contributed by atoms with van der Waals surface area (Å²) in [6.07, 6.45) is 7.95. The summed E-state index contributed by atoms with van der Waals surface area (Å²) in [7, 11) is 0. The van der Waals surface area contributed by atoms with Crippen LogP contribution in [0.25, 0.3) is 6.08 Å². The fraction of sp³-hybridized carbons (Fsp3) is 0.412. The van der Waals surface area contributed by atoms with Crippen molar-refractivity contribution in [1.29, 1.82) is 0 Å². The van der Waals surface area contributed by atoms with Gasteiger partial charge in [-0.25, -0.2) is 4.79 Å². The number of hydrogen-bond donors (Lipinski definition) is 2. The minimum absolute atomic E-state index is 0.0423. The summed E-state index contributed by atoms with van der Waals surface area (Å²) in [6.45, 7) is 1.92. The second-order valence-electron chi connectivity index (χ2n) is 5.71. The highest BCUT2D eigenvalue weighted by Crippen LogP contribution is 2.28. The SMILES string of the molecule is Cc1cc(/C=C/C(=O)O)cc(NC(=O)CC2CCCC2)c1. The molecule has 4 nitrogen and oxygen atoms in total. The fourth-order valence-electron chi connectivity index (χ4n) is 2.84. The van der Waals surface area contributed by atoms with E-state index in [-0.39, 0.29) is 5.91 Å². The first-order valence-electron chi connectivity index (χ1n) is 7.35. The molecule has 1 fully saturated rings. The third-order valence-corrected chi connectivity index (χ3v) is 3.75. The molecule has 1 amide bonds. The van der Waals surface area contributed by atoms with Crippen molar-refractivity contribution in [3.8, 4) is 0 Å². The Morgan fingerprint density at radius 2 is 2.00 bits per heavy atom. The molecule has 1 aliphatic carbocycles. The van der Waals surface area contributed by atoms with Crippen molar-refractivity contribution >= 4 is 23.6 Å². The molecule has 0 spiro atoms. The van der Waals surface area contributed by atoms with Crippen molar-refractivity contribution in [2.24, 2.45) is 5.92 Å². The molecule has 0 unspecified atom stereocenters. The number of carboxylic acid groups (broad SMARTS) is 1. The molecular formula is C17H21NO3. The number of nitrogens with one attached hydrogen (secondary N) is 1. The van der Waals surface area contributed by atoms with E-state index >= 15 is 0 Å². The van der Waals surface area contributed by atoms with Gasteiger partial charge >= 0.3 is 5.97 Å². The predicted octanol–water partition coefficient (Wildman–Crippen LogP) is 3.61. The standard InChI is InChI=1S/C17H21NO3/c1-12-8-14(6-7-17(20)21)10-15(9-12)18-16(19)11-13-4-2-3-5-13/h6-10,13H,2-5,11H2,1H3,(H,18,19)(H,20,21)/b7-6+. The summed E-state index contributed by atoms with van der Waals surface area (Å²) in [5, 5.41) is 11.6. The number of benzene rings is 1. The third kappa shape index (κ3) is 5.06. The van der Waals surface area contributed by atoms with Crippen LogP contribution in [0.2, 0.25) is 0 Å². The molecule has 0 atom stereocenters. The lowest BCUT2D eigenvalue weighted by molar-refractivity contribution is -0.131. The molecule has 2 N–H and O–H groups in total. The van der Waals surface area contributed by atoms with Crippen LogP contribution in [0.1, 0.15) is 43.2 Å². The Bertz CT molecular complexity index is 557. The van der Waals surface area contributed by atoms with Gasteiger partial charge in [-0.15, -0.1) is 0 Å². The number of amides is 1. The molecule has 112 valence electrons. The number of aryl methyl sites for hydroxylation is 1. The van der Waals surface area contributed by atoms with E-state index in [1.54, 1.807) is 6.07 Å². The molecule has 1 aromatic carbocycles. The van der Waals surface area contributed by atoms with Crippen molar-refractivity contribution in [1.82, 2.24) is 0 Å². The average molecular weight is 287 g/mol. The summed E-state index contributed by atoms with van der Waals surface area (Å²) in [5.74, 6) is -0.426. The van der Waals surface area contributed by atoms with E-state index in [2.05, 4.69) is 5.32 Å². The van der Waals surface area contributed by atoms with Crippen molar-refractivity contribution in [3.63, 3.8) is 0 Å². The van der Waals surface area contributed by atoms with Crippen molar-refractivity contribution in [3.05, 3.63) is 35.4 Å². The van der Waals surface area contributed by atoms with Crippen molar-refractivity contribution < 1.29 is 14.7 Å². The lowest BCUT2D eigenvalue weighted by Crippen LogP contribution is -2.15. The van der Waals surface area contributed by atoms with Gasteiger partial charge in [0.2, 0.25) is 5.91 Å². The van der Waals surface area contributed by atoms with E-state index in [1.807, 2.05) is 19.1 Å². The Balaban J connectivity index is 2.01. The normalized spacial score (nSPS) is 15.5. The molecule has 21 heavy (non-hydrogen) atoms. The maximum atomic E-state index is 12.0. The zero-order valence-electron chi connectivity index (χ0n) is 12.3. The number of anilines is 1. The molecule has 1 saturated carbocycles. The van der Waals surface area contributed by atoms with Gasteiger partial charge in [0, 0.05) is 18.2 Å². The Kier molecular flexibility index (Phi) is 5.14. The number of carbonyl (C=O) groups is 2. The van der Waals surface area contributed by atoms with E-state index in [4.69, 9.17) is 5.11 Å². The third-order valence-electron chi connectivity index (χ3n) is 3.75. The van der Waals surface area contributed by atoms with Crippen LogP contribution >= 0.6 is 0 Å². The molecule has 0 aliphatic heterocycles. The summed E-state index contributed by atoms with van der Waals surface area (Å²) >= 11 is 0. The van der Waals surface area contributed by atoms with Gasteiger partial charge in [0.25, 0.3) is 0 Å². The minimum atomic E-state index is -0.983. The first-order chi connectivity index (χ1) is 10.0. The number of carbonyl (C=O) groups excluding carboxylic acids is 1. The molecule has 2 rings (SSSR count). The zero-order valence-corrected chi connectivity index (χ0v) is 12.3. The first-order valence-corrected chi connectivity index (χ1v) is 7.35. The molecular weight excluding hydrogens is 266 g/mol. The molecule has 1 aliphatic rings. The average Bonchev–Trinajstić information content (AvgIpc) is 2.88. The topological polar surface area (TPSA) is 66.4 Å². The Morgan fingerprint density at radius 1 is 1.29 bits per heavy atom. The van der Waals surface area contributed by atoms with Crippen molar-refractivity contribution in [2.75, 3.05) is 5.32 Å². The van der Waals surface area contributed by atoms with Crippen molar-refractivity contribution in [2.45, 2.75) is 39.0 Å². The molecule has 0 saturated heterocycles. The van der Waals surface area contributed by atoms with Gasteiger partial charge in [-0.2, -0.15) is 0 Å². The van der Waals surface area contributed by atoms with Gasteiger partial charge < -0.3 is 10.4 Å². The predicted molar refractivity (Wildman–Crippen MR) is 83.1 cm³/mol. The van der Waals surface area contributed by atoms with Crippen LogP contribution in [0.5, 0.6) is 0 Å². The Hall–Kier alpha value is -2.10. The molecule has 0 heterocycles. The van der Waals surface area contributed by atoms with Gasteiger partial charge in [-0.1, -0.05) is 18.9 Å². The molecule has 0 radical (unpaired) electrons. The van der Waals surface area contributed by atoms with Crippen LogP contribution in [-0.2, 0) is 9.59 Å². The molecule has 4 heteroatoms. The van der Waals surface area contributed by atoms with Gasteiger partial charge in [0.05, 0.1) is 0 Å². The maximum Gasteiger partial charge on any atom is 0.328 e. The lowest BCUT2D eigenvalue weighted by atomic mass is 10.0. The molecule has 0 aromatic heterocycles. The van der Waals surface area contributed by atoms with Gasteiger partial charge in [-0.05, 0) is 55.0 Å². The van der Waals surface area contributed by atoms with Gasteiger partial charge in [-0.3, -0.25) is 4.79 Å². The van der Waals surface area contributed by atoms with Crippen LogP contribution in [0.4, 0.5) is 5.69 Å². The van der Waals surface area contributed by atoms with Gasteiger partial charge in [0.1, 0.15) is 0 Å². The van der Waals surface area contributed by atoms with Crippen LogP contribution in [-0.4, -0.2) is 17.0 Å². The quantitative estimate of drug-likeness (QED) is 0.813. The lowest BCUT2D eigenvalue weighted by Gasteiger charge is -2.11. The van der Waals surface area contributed by atoms with E-state index in [9.17, 15) is 9.59 Å². The summed E-state index contributed by atoms with van der Waals surface area (Å²) < 4.78 is 0. The maximum absolute atomic E-state index is 12.0. The first kappa shape index (κ1) is 15.3. The Morgan fingerprint density at radius 3 is 2.67 bits per heavy atom. The fourth-order valence-corrected chi connectivity index (χ4v) is 2.84. The summed E-state index contributed by atoms with van der Waals surface area (Å²) in [5.41, 5.74) is 2.48. The van der Waals surface area contributed by atoms with Crippen LogP contribution < -0.4 is 5.32 Å². The smallest absolute Gasteiger partial charge is 0.328 e. The van der Waals surface area contributed by atoms with E-state index < -0.39 is 5.97 Å². The number of rotatable bonds is 5. The van der Waals surface area contributed by atoms with E-state index in [0.29, 0.717) is 12.3 Å². The zero-order chi connectivity index (χ0) is 15.2.